The lowest BCUT2D eigenvalue weighted by Crippen LogP contribution is -1.98. The molecule has 0 saturated heterocycles. The van der Waals surface area contributed by atoms with Crippen molar-refractivity contribution in [3.05, 3.63) is 23.3 Å². The molecule has 0 unspecified atom stereocenters. The lowest BCUT2D eigenvalue weighted by molar-refractivity contribution is 0.107. The minimum Gasteiger partial charge on any atom is -0.453 e. The summed E-state index contributed by atoms with van der Waals surface area (Å²) < 4.78 is 35.7. The molecule has 3 nitrogen and oxygen atoms in total. The molecule has 0 bridgehead atoms. The van der Waals surface area contributed by atoms with Crippen molar-refractivity contribution in [2.24, 2.45) is 0 Å². The highest BCUT2D eigenvalue weighted by atomic mass is 35.5. The first-order chi connectivity index (χ1) is 6.61. The van der Waals surface area contributed by atoms with Gasteiger partial charge in [-0.3, -0.25) is 4.79 Å². The van der Waals surface area contributed by atoms with E-state index in [1.807, 2.05) is 0 Å². The fourth-order valence-electron chi connectivity index (χ4n) is 1.12. The Labute approximate surface area is 82.2 Å². The van der Waals surface area contributed by atoms with Gasteiger partial charge in [0.15, 0.2) is 11.6 Å². The molecule has 0 amide bonds. The van der Waals surface area contributed by atoms with Crippen LogP contribution in [0.5, 0.6) is 11.5 Å². The molecule has 1 aliphatic heterocycles. The van der Waals surface area contributed by atoms with Crippen LogP contribution in [-0.4, -0.2) is 12.0 Å². The Bertz CT molecular complexity index is 420. The smallest absolute Gasteiger partial charge is 0.255 e. The van der Waals surface area contributed by atoms with Crippen molar-refractivity contribution in [1.82, 2.24) is 0 Å². The first-order valence-corrected chi connectivity index (χ1v) is 3.96. The van der Waals surface area contributed by atoms with Crippen molar-refractivity contribution >= 4 is 16.8 Å². The highest BCUT2D eigenvalue weighted by molar-refractivity contribution is 6.67. The normalized spacial score (nSPS) is 13.1. The lowest BCUT2D eigenvalue weighted by Gasteiger charge is -2.02. The molecule has 1 aromatic carbocycles. The number of carbonyl (C=O) groups excluding carboxylic acids is 1. The largest absolute Gasteiger partial charge is 0.453 e. The Hall–Kier alpha value is -1.36. The summed E-state index contributed by atoms with van der Waals surface area (Å²) in [5.74, 6) is -2.93. The van der Waals surface area contributed by atoms with Gasteiger partial charge < -0.3 is 9.47 Å². The number of halogens is 3. The lowest BCUT2D eigenvalue weighted by atomic mass is 10.2. The summed E-state index contributed by atoms with van der Waals surface area (Å²) in [6.45, 7) is -0.203. The predicted octanol–water partition coefficient (Wildman–Crippen LogP) is 2.07. The van der Waals surface area contributed by atoms with Crippen LogP contribution >= 0.6 is 11.6 Å². The van der Waals surface area contributed by atoms with E-state index in [2.05, 4.69) is 4.74 Å². The SMILES string of the molecule is O=C(Cl)c1cc2c(c(F)c1F)OCO2. The van der Waals surface area contributed by atoms with Gasteiger partial charge in [0.2, 0.25) is 18.4 Å². The van der Waals surface area contributed by atoms with Gasteiger partial charge in [-0.1, -0.05) is 0 Å². The second-order valence-electron chi connectivity index (χ2n) is 2.56. The maximum absolute atomic E-state index is 13.1. The molecule has 0 spiro atoms. The fourth-order valence-corrected chi connectivity index (χ4v) is 1.26. The third-order valence-corrected chi connectivity index (χ3v) is 1.96. The molecule has 0 saturated carbocycles. The Morgan fingerprint density at radius 2 is 2.07 bits per heavy atom. The maximum atomic E-state index is 13.1. The predicted molar refractivity (Wildman–Crippen MR) is 42.7 cm³/mol. The Morgan fingerprint density at radius 3 is 2.71 bits per heavy atom. The monoisotopic (exact) mass is 220 g/mol. The van der Waals surface area contributed by atoms with E-state index in [0.717, 1.165) is 6.07 Å². The molecule has 1 aliphatic rings. The molecule has 1 aromatic rings. The second kappa shape index (κ2) is 3.09. The van der Waals surface area contributed by atoms with Crippen LogP contribution in [0.4, 0.5) is 8.78 Å². The number of hydrogen-bond donors (Lipinski definition) is 0. The van der Waals surface area contributed by atoms with Crippen molar-refractivity contribution in [1.29, 1.82) is 0 Å². The zero-order valence-corrected chi connectivity index (χ0v) is 7.40. The van der Waals surface area contributed by atoms with Crippen molar-refractivity contribution in [2.75, 3.05) is 6.79 Å². The van der Waals surface area contributed by atoms with Gasteiger partial charge in [-0.05, 0) is 17.7 Å². The van der Waals surface area contributed by atoms with Gasteiger partial charge in [-0.25, -0.2) is 4.39 Å². The molecule has 74 valence electrons. The van der Waals surface area contributed by atoms with Gasteiger partial charge >= 0.3 is 0 Å². The van der Waals surface area contributed by atoms with Crippen molar-refractivity contribution in [2.45, 2.75) is 0 Å². The average molecular weight is 221 g/mol. The molecular weight excluding hydrogens is 218 g/mol. The third kappa shape index (κ3) is 1.21. The number of carbonyl (C=O) groups is 1. The average Bonchev–Trinajstić information content (AvgIpc) is 2.58. The van der Waals surface area contributed by atoms with Crippen LogP contribution in [0, 0.1) is 11.6 Å². The molecule has 0 atom stereocenters. The quantitative estimate of drug-likeness (QED) is 0.680. The summed E-state index contributed by atoms with van der Waals surface area (Å²) >= 11 is 5.04. The van der Waals surface area contributed by atoms with Crippen molar-refractivity contribution < 1.29 is 23.0 Å². The van der Waals surface area contributed by atoms with Gasteiger partial charge in [0, 0.05) is 0 Å². The highest BCUT2D eigenvalue weighted by Crippen LogP contribution is 2.37. The van der Waals surface area contributed by atoms with E-state index >= 15 is 0 Å². The Kier molecular flexibility index (Phi) is 2.03. The van der Waals surface area contributed by atoms with E-state index in [4.69, 9.17) is 16.3 Å². The van der Waals surface area contributed by atoms with Gasteiger partial charge in [0.1, 0.15) is 0 Å². The van der Waals surface area contributed by atoms with Crippen LogP contribution < -0.4 is 9.47 Å². The number of hydrogen-bond acceptors (Lipinski definition) is 3. The zero-order valence-electron chi connectivity index (χ0n) is 6.64. The molecule has 0 aromatic heterocycles. The molecule has 14 heavy (non-hydrogen) atoms. The van der Waals surface area contributed by atoms with E-state index in [9.17, 15) is 13.6 Å². The minimum absolute atomic E-state index is 0.0205. The van der Waals surface area contributed by atoms with Crippen molar-refractivity contribution in [3.63, 3.8) is 0 Å². The molecule has 2 rings (SSSR count). The standard InChI is InChI=1S/C8H3ClF2O3/c9-8(12)3-1-4-7(14-2-13-4)6(11)5(3)10/h1H,2H2. The second-order valence-corrected chi connectivity index (χ2v) is 2.90. The zero-order chi connectivity index (χ0) is 10.3. The van der Waals surface area contributed by atoms with Crippen LogP contribution in [0.2, 0.25) is 0 Å². The topological polar surface area (TPSA) is 35.5 Å². The molecule has 0 fully saturated rings. The molecule has 0 radical (unpaired) electrons. The number of benzene rings is 1. The summed E-state index contributed by atoms with van der Waals surface area (Å²) in [6, 6.07) is 1.01. The maximum Gasteiger partial charge on any atom is 0.255 e. The summed E-state index contributed by atoms with van der Waals surface area (Å²) in [7, 11) is 0. The summed E-state index contributed by atoms with van der Waals surface area (Å²) in [5.41, 5.74) is -0.562. The molecule has 1 heterocycles. The van der Waals surface area contributed by atoms with E-state index in [0.29, 0.717) is 0 Å². The number of fused-ring (bicyclic) bond motifs is 1. The van der Waals surface area contributed by atoms with Gasteiger partial charge in [-0.15, -0.1) is 0 Å². The van der Waals surface area contributed by atoms with Crippen LogP contribution in [0.3, 0.4) is 0 Å². The van der Waals surface area contributed by atoms with E-state index in [1.165, 1.54) is 0 Å². The Balaban J connectivity index is 2.67. The van der Waals surface area contributed by atoms with E-state index in [-0.39, 0.29) is 18.3 Å². The third-order valence-electron chi connectivity index (χ3n) is 1.76. The molecule has 0 N–H and O–H groups in total. The van der Waals surface area contributed by atoms with E-state index < -0.39 is 22.4 Å². The number of ether oxygens (including phenoxy) is 2. The van der Waals surface area contributed by atoms with Gasteiger partial charge in [0.25, 0.3) is 5.24 Å². The first kappa shape index (κ1) is 9.21. The Morgan fingerprint density at radius 1 is 1.36 bits per heavy atom. The molecule has 0 aliphatic carbocycles. The van der Waals surface area contributed by atoms with Crippen LogP contribution in [-0.2, 0) is 0 Å². The summed E-state index contributed by atoms with van der Waals surface area (Å²) in [4.78, 5) is 10.7. The fraction of sp³-hybridized carbons (Fsp3) is 0.125. The van der Waals surface area contributed by atoms with Crippen molar-refractivity contribution in [3.8, 4) is 11.5 Å². The van der Waals surface area contributed by atoms with Gasteiger partial charge in [-0.2, -0.15) is 4.39 Å². The highest BCUT2D eigenvalue weighted by Gasteiger charge is 2.26. The summed E-state index contributed by atoms with van der Waals surface area (Å²) in [6.07, 6.45) is 0. The molecular formula is C8H3ClF2O3. The molecule has 6 heteroatoms. The summed E-state index contributed by atoms with van der Waals surface area (Å²) in [5, 5.41) is -1.08. The van der Waals surface area contributed by atoms with Crippen LogP contribution in [0.15, 0.2) is 6.07 Å². The minimum atomic E-state index is -1.32. The van der Waals surface area contributed by atoms with Crippen LogP contribution in [0.25, 0.3) is 0 Å². The van der Waals surface area contributed by atoms with E-state index in [1.54, 1.807) is 0 Å². The van der Waals surface area contributed by atoms with Gasteiger partial charge in [0.05, 0.1) is 5.56 Å². The first-order valence-electron chi connectivity index (χ1n) is 3.58. The number of rotatable bonds is 1. The van der Waals surface area contributed by atoms with Crippen LogP contribution in [0.1, 0.15) is 10.4 Å².